The number of nitrogens with zero attached hydrogens (tertiary/aromatic N) is 1. The molecule has 1 unspecified atom stereocenters. The molecular weight excluding hydrogens is 787 g/mol. The second kappa shape index (κ2) is 15.0. The number of para-hydroxylation sites is 1. The third kappa shape index (κ3) is 5.81. The minimum atomic E-state index is -0.592. The van der Waals surface area contributed by atoms with E-state index in [4.69, 9.17) is 4.74 Å². The monoisotopic (exact) mass is 829 g/mol. The van der Waals surface area contributed by atoms with E-state index in [2.05, 4.69) is 242 Å². The molecule has 13 rings (SSSR count). The lowest BCUT2D eigenvalue weighted by atomic mass is 9.65. The van der Waals surface area contributed by atoms with Gasteiger partial charge in [0.2, 0.25) is 0 Å². The first-order valence-corrected chi connectivity index (χ1v) is 22.7. The lowest BCUT2D eigenvalue weighted by Gasteiger charge is -2.41. The molecule has 10 aromatic rings. The van der Waals surface area contributed by atoms with Crippen molar-refractivity contribution in [3.05, 3.63) is 264 Å². The highest BCUT2D eigenvalue weighted by atomic mass is 16.5. The fourth-order valence-electron chi connectivity index (χ4n) is 11.1. The molecule has 1 spiro atoms. The fourth-order valence-corrected chi connectivity index (χ4v) is 11.1. The van der Waals surface area contributed by atoms with Crippen LogP contribution in [0.25, 0.3) is 61.4 Å². The molecule has 1 heterocycles. The summed E-state index contributed by atoms with van der Waals surface area (Å²) in [6.07, 6.45) is 6.65. The van der Waals surface area contributed by atoms with Crippen LogP contribution in [0.2, 0.25) is 0 Å². The van der Waals surface area contributed by atoms with Crippen molar-refractivity contribution < 1.29 is 4.74 Å². The predicted octanol–water partition coefficient (Wildman–Crippen LogP) is 16.7. The molecular formula is C63H43NO. The number of benzene rings is 10. The normalized spacial score (nSPS) is 15.1. The zero-order valence-electron chi connectivity index (χ0n) is 35.8. The summed E-state index contributed by atoms with van der Waals surface area (Å²) in [6, 6.07) is 82.3. The Bertz CT molecular complexity index is 3510. The highest BCUT2D eigenvalue weighted by Gasteiger charge is 2.52. The molecule has 0 saturated carbocycles. The predicted molar refractivity (Wildman–Crippen MR) is 270 cm³/mol. The second-order valence-corrected chi connectivity index (χ2v) is 17.5. The molecule has 2 aliphatic carbocycles. The van der Waals surface area contributed by atoms with Gasteiger partial charge in [-0.1, -0.05) is 194 Å². The summed E-state index contributed by atoms with van der Waals surface area (Å²) in [5.41, 5.74) is 19.9. The Morgan fingerprint density at radius 3 is 1.88 bits per heavy atom. The standard InChI is InChI=1S/C63H43NO/c1-3-16-42(17-4-1)46-20-13-21-47(40-46)43-32-36-50(37-33-43)64(49-23-5-2-6-24-49)51-25-14-22-48(41-51)52-29-15-31-57-60(52)55-28-11-12-30-56(55)63(57)58-38-34-44-18-7-9-26-53(44)61(58)65-62-54-27-10-8-19-45(54)35-39-59(62)63/h1-7,9-18,20-41H,8,19H2. The van der Waals surface area contributed by atoms with Gasteiger partial charge < -0.3 is 9.64 Å². The van der Waals surface area contributed by atoms with E-state index in [1.54, 1.807) is 0 Å². The van der Waals surface area contributed by atoms with E-state index < -0.39 is 5.41 Å². The minimum Gasteiger partial charge on any atom is -0.455 e. The quantitative estimate of drug-likeness (QED) is 0.166. The van der Waals surface area contributed by atoms with E-state index in [1.165, 1.54) is 83.3 Å². The maximum Gasteiger partial charge on any atom is 0.140 e. The van der Waals surface area contributed by atoms with Crippen molar-refractivity contribution in [2.45, 2.75) is 18.3 Å². The number of aryl methyl sites for hydroxylation is 1. The Kier molecular flexibility index (Phi) is 8.60. The van der Waals surface area contributed by atoms with Crippen LogP contribution >= 0.6 is 0 Å². The van der Waals surface area contributed by atoms with E-state index in [1.807, 2.05) is 0 Å². The third-order valence-corrected chi connectivity index (χ3v) is 14.0. The van der Waals surface area contributed by atoms with Gasteiger partial charge in [0.1, 0.15) is 11.5 Å². The van der Waals surface area contributed by atoms with Gasteiger partial charge in [-0.05, 0) is 122 Å². The summed E-state index contributed by atoms with van der Waals surface area (Å²) in [7, 11) is 0. The van der Waals surface area contributed by atoms with Crippen molar-refractivity contribution in [3.63, 3.8) is 0 Å². The van der Waals surface area contributed by atoms with Crippen molar-refractivity contribution in [1.82, 2.24) is 0 Å². The van der Waals surface area contributed by atoms with Gasteiger partial charge in [-0.2, -0.15) is 0 Å². The highest BCUT2D eigenvalue weighted by Crippen LogP contribution is 2.65. The summed E-state index contributed by atoms with van der Waals surface area (Å²) < 4.78 is 7.25. The van der Waals surface area contributed by atoms with Crippen LogP contribution in [-0.2, 0) is 11.8 Å². The molecule has 306 valence electrons. The zero-order valence-corrected chi connectivity index (χ0v) is 35.8. The van der Waals surface area contributed by atoms with Crippen molar-refractivity contribution in [3.8, 4) is 56.0 Å². The average molecular weight is 830 g/mol. The first-order chi connectivity index (χ1) is 32.2. The number of fused-ring (bicyclic) bond motifs is 13. The number of hydrogen-bond acceptors (Lipinski definition) is 2. The van der Waals surface area contributed by atoms with Gasteiger partial charge in [0.25, 0.3) is 0 Å². The average Bonchev–Trinajstić information content (AvgIpc) is 3.68. The topological polar surface area (TPSA) is 12.5 Å². The number of allylic oxidation sites excluding steroid dienone is 1. The first kappa shape index (κ1) is 37.4. The molecule has 0 saturated heterocycles. The third-order valence-electron chi connectivity index (χ3n) is 14.0. The van der Waals surface area contributed by atoms with Crippen molar-refractivity contribution in [2.75, 3.05) is 4.90 Å². The summed E-state index contributed by atoms with van der Waals surface area (Å²) in [6.45, 7) is 0. The molecule has 1 atom stereocenters. The van der Waals surface area contributed by atoms with E-state index in [0.717, 1.165) is 46.8 Å². The Morgan fingerprint density at radius 1 is 0.400 bits per heavy atom. The number of hydrogen-bond donors (Lipinski definition) is 0. The van der Waals surface area contributed by atoms with Crippen LogP contribution in [0, 0.1) is 0 Å². The largest absolute Gasteiger partial charge is 0.455 e. The molecule has 3 aliphatic rings. The number of rotatable bonds is 6. The summed E-state index contributed by atoms with van der Waals surface area (Å²) in [5, 5.41) is 2.31. The highest BCUT2D eigenvalue weighted by molar-refractivity contribution is 6.00. The molecule has 2 heteroatoms. The summed E-state index contributed by atoms with van der Waals surface area (Å²) in [4.78, 5) is 2.37. The molecule has 0 bridgehead atoms. The molecule has 65 heavy (non-hydrogen) atoms. The Hall–Kier alpha value is -8.20. The van der Waals surface area contributed by atoms with Crippen LogP contribution in [0.4, 0.5) is 17.1 Å². The summed E-state index contributed by atoms with van der Waals surface area (Å²) in [5.74, 6) is 1.93. The van der Waals surface area contributed by atoms with Crippen LogP contribution in [0.15, 0.2) is 231 Å². The Morgan fingerprint density at radius 2 is 1.02 bits per heavy atom. The van der Waals surface area contributed by atoms with Crippen molar-refractivity contribution >= 4 is 33.9 Å². The first-order valence-electron chi connectivity index (χ1n) is 22.7. The van der Waals surface area contributed by atoms with Crippen LogP contribution < -0.4 is 9.64 Å². The Balaban J connectivity index is 0.976. The number of ether oxygens (including phenoxy) is 1. The molecule has 0 amide bonds. The smallest absolute Gasteiger partial charge is 0.140 e. The minimum absolute atomic E-state index is 0.592. The van der Waals surface area contributed by atoms with E-state index >= 15 is 0 Å². The molecule has 1 aliphatic heterocycles. The lowest BCUT2D eigenvalue weighted by Crippen LogP contribution is -2.32. The SMILES string of the molecule is C1=Cc2c(ccc3c2Oc2c(ccc4ccccc24)C32c3ccccc3-c3c(-c4cccc(N(c5ccccc5)c5ccc(-c6cccc(-c7ccccc7)c6)cc5)c4)cccc32)CC1. The fraction of sp³-hybridized carbons (Fsp3) is 0.0476. The van der Waals surface area contributed by atoms with Gasteiger partial charge in [-0.25, -0.2) is 0 Å². The van der Waals surface area contributed by atoms with Crippen molar-refractivity contribution in [1.29, 1.82) is 0 Å². The molecule has 0 fully saturated rings. The summed E-state index contributed by atoms with van der Waals surface area (Å²) >= 11 is 0. The van der Waals surface area contributed by atoms with E-state index in [0.29, 0.717) is 0 Å². The van der Waals surface area contributed by atoms with Crippen LogP contribution in [-0.4, -0.2) is 0 Å². The number of anilines is 3. The zero-order chi connectivity index (χ0) is 42.9. The Labute approximate surface area is 380 Å². The van der Waals surface area contributed by atoms with Crippen LogP contribution in [0.5, 0.6) is 11.5 Å². The second-order valence-electron chi connectivity index (χ2n) is 17.5. The van der Waals surface area contributed by atoms with Gasteiger partial charge in [0.15, 0.2) is 0 Å². The lowest BCUT2D eigenvalue weighted by molar-refractivity contribution is 0.439. The maximum absolute atomic E-state index is 7.25. The van der Waals surface area contributed by atoms with E-state index in [-0.39, 0.29) is 0 Å². The van der Waals surface area contributed by atoms with Crippen molar-refractivity contribution in [2.24, 2.45) is 0 Å². The molecule has 0 radical (unpaired) electrons. The van der Waals surface area contributed by atoms with Crippen LogP contribution in [0.1, 0.15) is 39.8 Å². The van der Waals surface area contributed by atoms with Gasteiger partial charge in [-0.15, -0.1) is 0 Å². The van der Waals surface area contributed by atoms with Crippen LogP contribution in [0.3, 0.4) is 0 Å². The maximum atomic E-state index is 7.25. The van der Waals surface area contributed by atoms with Gasteiger partial charge in [0, 0.05) is 39.1 Å². The van der Waals surface area contributed by atoms with E-state index in [9.17, 15) is 0 Å². The van der Waals surface area contributed by atoms with Gasteiger partial charge in [0.05, 0.1) is 5.41 Å². The van der Waals surface area contributed by atoms with Gasteiger partial charge >= 0.3 is 0 Å². The molecule has 0 N–H and O–H groups in total. The molecule has 0 aromatic heterocycles. The molecule has 2 nitrogen and oxygen atoms in total. The van der Waals surface area contributed by atoms with Gasteiger partial charge in [-0.3, -0.25) is 0 Å². The molecule has 10 aromatic carbocycles.